The molecule has 0 fully saturated rings. The van der Waals surface area contributed by atoms with Crippen LogP contribution < -0.4 is 10.1 Å². The van der Waals surface area contributed by atoms with Crippen LogP contribution in [0.15, 0.2) is 53.1 Å². The fourth-order valence-electron chi connectivity index (χ4n) is 2.40. The van der Waals surface area contributed by atoms with Crippen molar-refractivity contribution < 1.29 is 28.0 Å². The van der Waals surface area contributed by atoms with Crippen LogP contribution in [0.25, 0.3) is 11.4 Å². The first-order chi connectivity index (χ1) is 14.0. The zero-order valence-corrected chi connectivity index (χ0v) is 15.6. The highest BCUT2D eigenvalue weighted by Gasteiger charge is 2.13. The molecule has 0 saturated carbocycles. The van der Waals surface area contributed by atoms with E-state index in [9.17, 15) is 14.0 Å². The van der Waals surface area contributed by atoms with Gasteiger partial charge in [-0.15, -0.1) is 0 Å². The van der Waals surface area contributed by atoms with Gasteiger partial charge in [0.1, 0.15) is 11.6 Å². The number of benzene rings is 2. The molecule has 0 aliphatic carbocycles. The molecule has 0 aliphatic heterocycles. The van der Waals surface area contributed by atoms with Crippen LogP contribution in [0.4, 0.5) is 10.1 Å². The normalized spacial score (nSPS) is 10.4. The number of aromatic nitrogens is 2. The van der Waals surface area contributed by atoms with Gasteiger partial charge in [0.15, 0.2) is 6.61 Å². The number of rotatable bonds is 8. The molecule has 1 N–H and O–H groups in total. The highest BCUT2D eigenvalue weighted by Crippen LogP contribution is 2.17. The Balaban J connectivity index is 1.43. The smallest absolute Gasteiger partial charge is 0.306 e. The maximum atomic E-state index is 13.0. The first-order valence-electron chi connectivity index (χ1n) is 8.71. The van der Waals surface area contributed by atoms with Crippen molar-refractivity contribution >= 4 is 17.6 Å². The van der Waals surface area contributed by atoms with Crippen molar-refractivity contribution in [2.75, 3.05) is 19.0 Å². The molecule has 1 heterocycles. The quantitative estimate of drug-likeness (QED) is 0.581. The average Bonchev–Trinajstić information content (AvgIpc) is 3.20. The third-order valence-electron chi connectivity index (χ3n) is 3.83. The Morgan fingerprint density at radius 2 is 1.97 bits per heavy atom. The van der Waals surface area contributed by atoms with Crippen molar-refractivity contribution in [3.63, 3.8) is 0 Å². The molecule has 29 heavy (non-hydrogen) atoms. The first kappa shape index (κ1) is 20.0. The van der Waals surface area contributed by atoms with E-state index < -0.39 is 18.5 Å². The zero-order valence-electron chi connectivity index (χ0n) is 15.6. The highest BCUT2D eigenvalue weighted by molar-refractivity contribution is 5.92. The number of aryl methyl sites for hydroxylation is 1. The van der Waals surface area contributed by atoms with Crippen LogP contribution in [0.2, 0.25) is 0 Å². The molecule has 2 aromatic carbocycles. The molecule has 0 radical (unpaired) electrons. The van der Waals surface area contributed by atoms with Gasteiger partial charge in [0.25, 0.3) is 5.91 Å². The van der Waals surface area contributed by atoms with Gasteiger partial charge >= 0.3 is 5.97 Å². The lowest BCUT2D eigenvalue weighted by Crippen LogP contribution is -2.21. The molecule has 1 amide bonds. The number of hydrogen-bond donors (Lipinski definition) is 1. The van der Waals surface area contributed by atoms with Gasteiger partial charge in [0.05, 0.1) is 13.5 Å². The lowest BCUT2D eigenvalue weighted by molar-refractivity contribution is -0.147. The number of hydrogen-bond acceptors (Lipinski definition) is 7. The van der Waals surface area contributed by atoms with Gasteiger partial charge in [-0.3, -0.25) is 9.59 Å². The number of methoxy groups -OCH3 is 1. The van der Waals surface area contributed by atoms with Crippen molar-refractivity contribution in [2.24, 2.45) is 0 Å². The number of carbonyl (C=O) groups excluding carboxylic acids is 2. The monoisotopic (exact) mass is 399 g/mol. The fraction of sp³-hybridized carbons (Fsp3) is 0.200. The third kappa shape index (κ3) is 5.86. The summed E-state index contributed by atoms with van der Waals surface area (Å²) < 4.78 is 28.0. The SMILES string of the molecule is COc1cccc(NC(=O)COC(=O)CCc2nc(-c3ccc(F)cc3)no2)c1. The summed E-state index contributed by atoms with van der Waals surface area (Å²) in [4.78, 5) is 27.9. The van der Waals surface area contributed by atoms with E-state index in [1.54, 1.807) is 24.3 Å². The Hall–Kier alpha value is -3.75. The molecule has 3 aromatic rings. The number of esters is 1. The van der Waals surface area contributed by atoms with Crippen LogP contribution in [0.5, 0.6) is 5.75 Å². The zero-order chi connectivity index (χ0) is 20.6. The second kappa shape index (κ2) is 9.45. The van der Waals surface area contributed by atoms with E-state index in [1.165, 1.54) is 31.4 Å². The fourth-order valence-corrected chi connectivity index (χ4v) is 2.40. The summed E-state index contributed by atoms with van der Waals surface area (Å²) in [6.45, 7) is -0.416. The van der Waals surface area contributed by atoms with E-state index in [0.717, 1.165) is 0 Å². The molecule has 8 nitrogen and oxygen atoms in total. The number of anilines is 1. The summed E-state index contributed by atoms with van der Waals surface area (Å²) in [5.74, 6) is -0.279. The summed E-state index contributed by atoms with van der Waals surface area (Å²) in [7, 11) is 1.52. The van der Waals surface area contributed by atoms with Crippen molar-refractivity contribution in [2.45, 2.75) is 12.8 Å². The number of ether oxygens (including phenoxy) is 2. The van der Waals surface area contributed by atoms with Crippen LogP contribution in [-0.2, 0) is 20.7 Å². The number of nitrogens with zero attached hydrogens (tertiary/aromatic N) is 2. The Morgan fingerprint density at radius 1 is 1.17 bits per heavy atom. The van der Waals surface area contributed by atoms with Crippen LogP contribution >= 0.6 is 0 Å². The maximum Gasteiger partial charge on any atom is 0.306 e. The molecular weight excluding hydrogens is 381 g/mol. The molecule has 9 heteroatoms. The molecule has 0 aliphatic rings. The molecule has 0 saturated heterocycles. The second-order valence-corrected chi connectivity index (χ2v) is 5.96. The standard InChI is InChI=1S/C20H18FN3O5/c1-27-16-4-2-3-15(11-16)22-17(25)12-28-19(26)10-9-18-23-20(24-29-18)13-5-7-14(21)8-6-13/h2-8,11H,9-10,12H2,1H3,(H,22,25). The Bertz CT molecular complexity index is 988. The predicted molar refractivity (Wildman–Crippen MR) is 101 cm³/mol. The number of halogens is 1. The summed E-state index contributed by atoms with van der Waals surface area (Å²) in [6.07, 6.45) is 0.127. The maximum absolute atomic E-state index is 13.0. The van der Waals surface area contributed by atoms with E-state index >= 15 is 0 Å². The third-order valence-corrected chi connectivity index (χ3v) is 3.83. The van der Waals surface area contributed by atoms with Crippen LogP contribution in [0, 0.1) is 5.82 Å². The van der Waals surface area contributed by atoms with E-state index in [2.05, 4.69) is 15.5 Å². The van der Waals surface area contributed by atoms with Crippen LogP contribution in [0.3, 0.4) is 0 Å². The second-order valence-electron chi connectivity index (χ2n) is 5.96. The molecular formula is C20H18FN3O5. The molecule has 150 valence electrons. The van der Waals surface area contributed by atoms with Gasteiger partial charge in [-0.25, -0.2) is 4.39 Å². The van der Waals surface area contributed by atoms with Gasteiger partial charge in [-0.05, 0) is 36.4 Å². The number of nitrogens with one attached hydrogen (secondary N) is 1. The number of carbonyl (C=O) groups is 2. The Kier molecular flexibility index (Phi) is 6.51. The Morgan fingerprint density at radius 3 is 2.72 bits per heavy atom. The van der Waals surface area contributed by atoms with Gasteiger partial charge in [-0.1, -0.05) is 11.2 Å². The first-order valence-corrected chi connectivity index (χ1v) is 8.71. The molecule has 3 rings (SSSR count). The summed E-state index contributed by atoms with van der Waals surface area (Å²) in [5.41, 5.74) is 1.13. The lowest BCUT2D eigenvalue weighted by Gasteiger charge is -2.07. The summed E-state index contributed by atoms with van der Waals surface area (Å²) in [5, 5.41) is 6.40. The minimum Gasteiger partial charge on any atom is -0.497 e. The summed E-state index contributed by atoms with van der Waals surface area (Å²) >= 11 is 0. The molecule has 0 bridgehead atoms. The van der Waals surface area contributed by atoms with E-state index in [4.69, 9.17) is 14.0 Å². The highest BCUT2D eigenvalue weighted by atomic mass is 19.1. The Labute approximate surface area is 165 Å². The van der Waals surface area contributed by atoms with Gasteiger partial charge in [-0.2, -0.15) is 4.98 Å². The predicted octanol–water partition coefficient (Wildman–Crippen LogP) is 3.00. The minimum atomic E-state index is -0.577. The van der Waals surface area contributed by atoms with E-state index in [1.807, 2.05) is 0 Å². The summed E-state index contributed by atoms with van der Waals surface area (Å²) in [6, 6.07) is 12.4. The molecule has 0 atom stereocenters. The van der Waals surface area contributed by atoms with Gasteiger partial charge in [0.2, 0.25) is 11.7 Å². The van der Waals surface area contributed by atoms with Gasteiger partial charge in [0, 0.05) is 23.7 Å². The lowest BCUT2D eigenvalue weighted by atomic mass is 10.2. The van der Waals surface area contributed by atoms with Crippen LogP contribution in [0.1, 0.15) is 12.3 Å². The van der Waals surface area contributed by atoms with E-state index in [0.29, 0.717) is 22.8 Å². The van der Waals surface area contributed by atoms with Crippen molar-refractivity contribution in [3.05, 3.63) is 60.2 Å². The minimum absolute atomic E-state index is 0.0303. The van der Waals surface area contributed by atoms with Crippen LogP contribution in [-0.4, -0.2) is 35.7 Å². The molecule has 0 unspecified atom stereocenters. The number of amides is 1. The van der Waals surface area contributed by atoms with Crippen molar-refractivity contribution in [1.82, 2.24) is 10.1 Å². The largest absolute Gasteiger partial charge is 0.497 e. The average molecular weight is 399 g/mol. The van der Waals surface area contributed by atoms with Crippen molar-refractivity contribution in [3.8, 4) is 17.1 Å². The topological polar surface area (TPSA) is 104 Å². The molecule has 0 spiro atoms. The molecule has 1 aromatic heterocycles. The van der Waals surface area contributed by atoms with Crippen molar-refractivity contribution in [1.29, 1.82) is 0 Å². The van der Waals surface area contributed by atoms with E-state index in [-0.39, 0.29) is 24.5 Å². The van der Waals surface area contributed by atoms with Gasteiger partial charge < -0.3 is 19.3 Å².